The summed E-state index contributed by atoms with van der Waals surface area (Å²) < 4.78 is 38.6. The average molecular weight is 278 g/mol. The summed E-state index contributed by atoms with van der Waals surface area (Å²) in [5, 5.41) is 8.82. The maximum Gasteiger partial charge on any atom is 0.406 e. The predicted molar refractivity (Wildman–Crippen MR) is 58.7 cm³/mol. The highest BCUT2D eigenvalue weighted by molar-refractivity contribution is 5.84. The third kappa shape index (κ3) is 2.66. The van der Waals surface area contributed by atoms with Gasteiger partial charge in [0.25, 0.3) is 0 Å². The number of likely N-dealkylation sites (tertiary alicyclic amines) is 1. The number of halogens is 3. The summed E-state index contributed by atoms with van der Waals surface area (Å²) in [4.78, 5) is 23.4. The van der Waals surface area contributed by atoms with E-state index in [0.717, 1.165) is 4.90 Å². The van der Waals surface area contributed by atoms with Crippen LogP contribution in [-0.2, 0) is 9.59 Å². The Labute approximate surface area is 107 Å². The van der Waals surface area contributed by atoms with Crippen LogP contribution in [-0.4, -0.2) is 47.2 Å². The van der Waals surface area contributed by atoms with Gasteiger partial charge >= 0.3 is 12.1 Å². The lowest BCUT2D eigenvalue weighted by atomic mass is 9.86. The topological polar surface area (TPSA) is 83.6 Å². The third-order valence-electron chi connectivity index (χ3n) is 3.19. The van der Waals surface area contributed by atoms with E-state index in [4.69, 9.17) is 17.3 Å². The van der Waals surface area contributed by atoms with Crippen LogP contribution in [0.5, 0.6) is 0 Å². The Bertz CT molecular complexity index is 430. The minimum atomic E-state index is -4.93. The van der Waals surface area contributed by atoms with E-state index in [-0.39, 0.29) is 13.0 Å². The largest absolute Gasteiger partial charge is 0.481 e. The molecule has 2 unspecified atom stereocenters. The summed E-state index contributed by atoms with van der Waals surface area (Å²) in [5.74, 6) is -0.610. The van der Waals surface area contributed by atoms with Crippen LogP contribution in [0.1, 0.15) is 12.8 Å². The standard InChI is InChI=1S/C11H13F3N2O3/c1-2-3-7(15)8(17)16-5-4-10(6-16,9(18)19)11(12,13)14/h1,7H,3-6,15H2,(H,18,19). The molecule has 1 rings (SSSR count). The molecule has 0 saturated carbocycles. The summed E-state index contributed by atoms with van der Waals surface area (Å²) in [5.41, 5.74) is 2.50. The van der Waals surface area contributed by atoms with Crippen molar-refractivity contribution in [1.82, 2.24) is 4.90 Å². The summed E-state index contributed by atoms with van der Waals surface area (Å²) >= 11 is 0. The van der Waals surface area contributed by atoms with Crippen LogP contribution in [0.15, 0.2) is 0 Å². The number of nitrogens with two attached hydrogens (primary N) is 1. The Morgan fingerprint density at radius 3 is 2.47 bits per heavy atom. The van der Waals surface area contributed by atoms with Crippen LogP contribution >= 0.6 is 0 Å². The van der Waals surface area contributed by atoms with Crippen LogP contribution < -0.4 is 5.73 Å². The minimum absolute atomic E-state index is 0.110. The third-order valence-corrected chi connectivity index (χ3v) is 3.19. The Morgan fingerprint density at radius 1 is 1.53 bits per heavy atom. The number of nitrogens with zero attached hydrogens (tertiary/aromatic N) is 1. The van der Waals surface area contributed by atoms with Gasteiger partial charge in [-0.1, -0.05) is 0 Å². The molecule has 0 aromatic heterocycles. The second kappa shape index (κ2) is 5.09. The van der Waals surface area contributed by atoms with E-state index >= 15 is 0 Å². The Morgan fingerprint density at radius 2 is 2.11 bits per heavy atom. The zero-order chi connectivity index (χ0) is 14.8. The van der Waals surface area contributed by atoms with Crippen LogP contribution in [0.2, 0.25) is 0 Å². The number of aliphatic carboxylic acids is 1. The number of rotatable bonds is 3. The zero-order valence-corrected chi connectivity index (χ0v) is 9.91. The first-order valence-corrected chi connectivity index (χ1v) is 5.43. The van der Waals surface area contributed by atoms with Crippen molar-refractivity contribution in [2.45, 2.75) is 25.1 Å². The number of carboxylic acids is 1. The van der Waals surface area contributed by atoms with Gasteiger partial charge in [-0.15, -0.1) is 12.3 Å². The van der Waals surface area contributed by atoms with Crippen LogP contribution in [0, 0.1) is 17.8 Å². The summed E-state index contributed by atoms with van der Waals surface area (Å²) in [7, 11) is 0. The number of hydrogen-bond donors (Lipinski definition) is 2. The summed E-state index contributed by atoms with van der Waals surface area (Å²) in [6.07, 6.45) is -0.755. The molecule has 0 spiro atoms. The maximum absolute atomic E-state index is 12.9. The highest BCUT2D eigenvalue weighted by Crippen LogP contribution is 2.45. The molecule has 1 fully saturated rings. The SMILES string of the molecule is C#CCC(N)C(=O)N1CCC(C(=O)O)(C(F)(F)F)C1. The van der Waals surface area contributed by atoms with Crippen molar-refractivity contribution in [3.05, 3.63) is 0 Å². The lowest BCUT2D eigenvalue weighted by molar-refractivity contribution is -0.227. The molecule has 1 saturated heterocycles. The fourth-order valence-corrected chi connectivity index (χ4v) is 1.97. The van der Waals surface area contributed by atoms with Crippen molar-refractivity contribution < 1.29 is 27.9 Å². The highest BCUT2D eigenvalue weighted by atomic mass is 19.4. The molecule has 0 aromatic rings. The number of alkyl halides is 3. The minimum Gasteiger partial charge on any atom is -0.481 e. The van der Waals surface area contributed by atoms with Gasteiger partial charge in [0.1, 0.15) is 0 Å². The van der Waals surface area contributed by atoms with Crippen molar-refractivity contribution >= 4 is 11.9 Å². The maximum atomic E-state index is 12.9. The van der Waals surface area contributed by atoms with Gasteiger partial charge in [-0.25, -0.2) is 0 Å². The van der Waals surface area contributed by atoms with Gasteiger partial charge in [-0.05, 0) is 6.42 Å². The highest BCUT2D eigenvalue weighted by Gasteiger charge is 2.64. The lowest BCUT2D eigenvalue weighted by Crippen LogP contribution is -2.49. The molecule has 1 amide bonds. The molecule has 0 bridgehead atoms. The molecule has 0 aromatic carbocycles. The fourth-order valence-electron chi connectivity index (χ4n) is 1.97. The second-order valence-electron chi connectivity index (χ2n) is 4.41. The second-order valence-corrected chi connectivity index (χ2v) is 4.41. The normalized spacial score (nSPS) is 24.9. The molecule has 0 radical (unpaired) electrons. The first-order valence-electron chi connectivity index (χ1n) is 5.43. The van der Waals surface area contributed by atoms with Crippen molar-refractivity contribution in [3.63, 3.8) is 0 Å². The lowest BCUT2D eigenvalue weighted by Gasteiger charge is -2.27. The summed E-state index contributed by atoms with van der Waals surface area (Å²) in [6, 6.07) is -1.11. The number of hydrogen-bond acceptors (Lipinski definition) is 3. The predicted octanol–water partition coefficient (Wildman–Crippen LogP) is 0.203. The molecule has 1 aliphatic rings. The monoisotopic (exact) mass is 278 g/mol. The van der Waals surface area contributed by atoms with E-state index in [1.807, 2.05) is 0 Å². The molecule has 8 heteroatoms. The molecular formula is C11H13F3N2O3. The first-order chi connectivity index (χ1) is 8.65. The molecular weight excluding hydrogens is 265 g/mol. The van der Waals surface area contributed by atoms with Crippen LogP contribution in [0.4, 0.5) is 13.2 Å². The van der Waals surface area contributed by atoms with Gasteiger partial charge in [-0.2, -0.15) is 13.2 Å². The fraction of sp³-hybridized carbons (Fsp3) is 0.636. The average Bonchev–Trinajstić information content (AvgIpc) is 2.73. The first kappa shape index (κ1) is 15.3. The van der Waals surface area contributed by atoms with Gasteiger partial charge in [-0.3, -0.25) is 9.59 Å². The van der Waals surface area contributed by atoms with Gasteiger partial charge < -0.3 is 15.7 Å². The Balaban J connectivity index is 2.90. The van der Waals surface area contributed by atoms with Gasteiger partial charge in [0.2, 0.25) is 5.91 Å². The van der Waals surface area contributed by atoms with Gasteiger partial charge in [0.15, 0.2) is 5.41 Å². The Kier molecular flexibility index (Phi) is 4.10. The van der Waals surface area contributed by atoms with E-state index in [9.17, 15) is 22.8 Å². The number of carbonyl (C=O) groups is 2. The quantitative estimate of drug-likeness (QED) is 0.722. The molecule has 0 aliphatic carbocycles. The van der Waals surface area contributed by atoms with E-state index < -0.39 is 42.5 Å². The number of amides is 1. The number of carbonyl (C=O) groups excluding carboxylic acids is 1. The smallest absolute Gasteiger partial charge is 0.406 e. The van der Waals surface area contributed by atoms with Crippen molar-refractivity contribution in [2.24, 2.45) is 11.1 Å². The van der Waals surface area contributed by atoms with Crippen molar-refractivity contribution in [1.29, 1.82) is 0 Å². The van der Waals surface area contributed by atoms with E-state index in [2.05, 4.69) is 5.92 Å². The molecule has 106 valence electrons. The zero-order valence-electron chi connectivity index (χ0n) is 9.91. The van der Waals surface area contributed by atoms with E-state index in [0.29, 0.717) is 0 Å². The van der Waals surface area contributed by atoms with Gasteiger partial charge in [0, 0.05) is 19.5 Å². The van der Waals surface area contributed by atoms with E-state index in [1.165, 1.54) is 0 Å². The summed E-state index contributed by atoms with van der Waals surface area (Å²) in [6.45, 7) is -1.23. The number of terminal acetylenes is 1. The molecule has 1 aliphatic heterocycles. The van der Waals surface area contributed by atoms with Crippen molar-refractivity contribution in [2.75, 3.05) is 13.1 Å². The van der Waals surface area contributed by atoms with Crippen LogP contribution in [0.25, 0.3) is 0 Å². The number of carboxylic acid groups (broad SMARTS) is 1. The molecule has 3 N–H and O–H groups in total. The molecule has 1 heterocycles. The van der Waals surface area contributed by atoms with Gasteiger partial charge in [0.05, 0.1) is 6.04 Å². The Hall–Kier alpha value is -1.75. The van der Waals surface area contributed by atoms with Crippen LogP contribution in [0.3, 0.4) is 0 Å². The molecule has 2 atom stereocenters. The van der Waals surface area contributed by atoms with E-state index in [1.54, 1.807) is 0 Å². The van der Waals surface area contributed by atoms with Crippen molar-refractivity contribution in [3.8, 4) is 12.3 Å². The molecule has 19 heavy (non-hydrogen) atoms. The molecule has 5 nitrogen and oxygen atoms in total.